The van der Waals surface area contributed by atoms with Crippen molar-refractivity contribution in [2.75, 3.05) is 26.4 Å². The van der Waals surface area contributed by atoms with Crippen molar-refractivity contribution >= 4 is 21.8 Å². The third-order valence-corrected chi connectivity index (χ3v) is 4.47. The Morgan fingerprint density at radius 2 is 2.27 bits per heavy atom. The molecule has 1 fully saturated rings. The van der Waals surface area contributed by atoms with Crippen LogP contribution in [0.2, 0.25) is 0 Å². The fourth-order valence-corrected chi connectivity index (χ4v) is 2.91. The van der Waals surface area contributed by atoms with Crippen LogP contribution in [-0.4, -0.2) is 38.4 Å². The second kappa shape index (κ2) is 9.98. The average Bonchev–Trinajstić information content (AvgIpc) is 3.03. The predicted octanol–water partition coefficient (Wildman–Crippen LogP) is 3.08. The highest BCUT2D eigenvalue weighted by Crippen LogP contribution is 2.17. The Hall–Kier alpha value is -0.910. The lowest BCUT2D eigenvalue weighted by Crippen LogP contribution is -2.26. The highest BCUT2D eigenvalue weighted by molar-refractivity contribution is 9.10. The quantitative estimate of drug-likeness (QED) is 0.680. The first kappa shape index (κ1) is 17.4. The van der Waals surface area contributed by atoms with Crippen LogP contribution in [0, 0.1) is 0 Å². The van der Waals surface area contributed by atoms with Gasteiger partial charge in [-0.2, -0.15) is 0 Å². The molecule has 0 bridgehead atoms. The van der Waals surface area contributed by atoms with Crippen molar-refractivity contribution in [1.82, 2.24) is 5.32 Å². The lowest BCUT2D eigenvalue weighted by atomic mass is 10.1. The smallest absolute Gasteiger partial charge is 0.220 e. The van der Waals surface area contributed by atoms with Crippen molar-refractivity contribution in [1.29, 1.82) is 0 Å². The van der Waals surface area contributed by atoms with E-state index >= 15 is 0 Å². The summed E-state index contributed by atoms with van der Waals surface area (Å²) >= 11 is 3.50. The van der Waals surface area contributed by atoms with Crippen LogP contribution in [0.25, 0.3) is 0 Å². The molecule has 1 aliphatic rings. The number of benzene rings is 1. The van der Waals surface area contributed by atoms with Crippen molar-refractivity contribution in [2.24, 2.45) is 0 Å². The average molecular weight is 370 g/mol. The second-order valence-electron chi connectivity index (χ2n) is 5.50. The number of nitrogens with one attached hydrogen (secondary N) is 1. The molecule has 0 saturated carbocycles. The standard InChI is InChI=1S/C17H24BrNO3/c18-16-7-2-1-5-14(16)8-9-17(20)19-10-4-11-21-13-15-6-3-12-22-15/h1-2,5,7,15H,3-4,6,8-13H2,(H,19,20). The first-order valence-electron chi connectivity index (χ1n) is 7.95. The van der Waals surface area contributed by atoms with E-state index in [-0.39, 0.29) is 12.0 Å². The molecule has 1 aromatic carbocycles. The first-order chi connectivity index (χ1) is 10.8. The van der Waals surface area contributed by atoms with Crippen LogP contribution < -0.4 is 5.32 Å². The number of carbonyl (C=O) groups is 1. The van der Waals surface area contributed by atoms with E-state index in [1.165, 1.54) is 0 Å². The van der Waals surface area contributed by atoms with Gasteiger partial charge in [-0.25, -0.2) is 0 Å². The minimum absolute atomic E-state index is 0.0925. The van der Waals surface area contributed by atoms with Gasteiger partial charge in [0.25, 0.3) is 0 Å². The van der Waals surface area contributed by atoms with Crippen LogP contribution in [0.1, 0.15) is 31.2 Å². The predicted molar refractivity (Wildman–Crippen MR) is 89.9 cm³/mol. The zero-order chi connectivity index (χ0) is 15.6. The highest BCUT2D eigenvalue weighted by atomic mass is 79.9. The summed E-state index contributed by atoms with van der Waals surface area (Å²) in [6.45, 7) is 2.88. The molecule has 4 nitrogen and oxygen atoms in total. The number of hydrogen-bond donors (Lipinski definition) is 1. The van der Waals surface area contributed by atoms with Gasteiger partial charge in [0.15, 0.2) is 0 Å². The van der Waals surface area contributed by atoms with Crippen LogP contribution in [0.15, 0.2) is 28.7 Å². The van der Waals surface area contributed by atoms with Gasteiger partial charge in [-0.1, -0.05) is 34.1 Å². The summed E-state index contributed by atoms with van der Waals surface area (Å²) in [6.07, 6.45) is 4.63. The molecule has 2 rings (SSSR count). The summed E-state index contributed by atoms with van der Waals surface area (Å²) < 4.78 is 12.1. The first-order valence-corrected chi connectivity index (χ1v) is 8.74. The van der Waals surface area contributed by atoms with Crippen LogP contribution in [0.5, 0.6) is 0 Å². The van der Waals surface area contributed by atoms with Crippen molar-refractivity contribution in [3.8, 4) is 0 Å². The van der Waals surface area contributed by atoms with Crippen LogP contribution in [0.3, 0.4) is 0 Å². The molecular weight excluding hydrogens is 346 g/mol. The Balaban J connectivity index is 1.48. The van der Waals surface area contributed by atoms with Crippen molar-refractivity contribution in [3.63, 3.8) is 0 Å². The number of hydrogen-bond acceptors (Lipinski definition) is 3. The zero-order valence-electron chi connectivity index (χ0n) is 12.9. The Kier molecular flexibility index (Phi) is 7.91. The van der Waals surface area contributed by atoms with E-state index in [0.717, 1.165) is 42.3 Å². The second-order valence-corrected chi connectivity index (χ2v) is 6.36. The number of ether oxygens (including phenoxy) is 2. The van der Waals surface area contributed by atoms with Crippen LogP contribution in [0.4, 0.5) is 0 Å². The van der Waals surface area contributed by atoms with Crippen molar-refractivity contribution in [2.45, 2.75) is 38.2 Å². The molecule has 1 aliphatic heterocycles. The molecular formula is C17H24BrNO3. The van der Waals surface area contributed by atoms with Gasteiger partial charge in [-0.15, -0.1) is 0 Å². The zero-order valence-corrected chi connectivity index (χ0v) is 14.4. The fraction of sp³-hybridized carbons (Fsp3) is 0.588. The third-order valence-electron chi connectivity index (χ3n) is 3.69. The largest absolute Gasteiger partial charge is 0.379 e. The van der Waals surface area contributed by atoms with Gasteiger partial charge >= 0.3 is 0 Å². The van der Waals surface area contributed by atoms with Crippen LogP contribution >= 0.6 is 15.9 Å². The lowest BCUT2D eigenvalue weighted by Gasteiger charge is -2.10. The highest BCUT2D eigenvalue weighted by Gasteiger charge is 2.14. The van der Waals surface area contributed by atoms with E-state index in [4.69, 9.17) is 9.47 Å². The molecule has 0 radical (unpaired) electrons. The molecule has 1 atom stereocenters. The van der Waals surface area contributed by atoms with Gasteiger partial charge in [0, 0.05) is 30.7 Å². The maximum atomic E-state index is 11.8. The van der Waals surface area contributed by atoms with Gasteiger partial charge in [0.05, 0.1) is 12.7 Å². The van der Waals surface area contributed by atoms with E-state index in [2.05, 4.69) is 21.2 Å². The summed E-state index contributed by atoms with van der Waals surface area (Å²) in [5, 5.41) is 2.94. The van der Waals surface area contributed by atoms with Crippen molar-refractivity contribution in [3.05, 3.63) is 34.3 Å². The van der Waals surface area contributed by atoms with Crippen LogP contribution in [-0.2, 0) is 20.7 Å². The molecule has 0 aliphatic carbocycles. The molecule has 1 unspecified atom stereocenters. The number of carbonyl (C=O) groups excluding carboxylic acids is 1. The van der Waals surface area contributed by atoms with E-state index in [1.807, 2.05) is 24.3 Å². The topological polar surface area (TPSA) is 47.6 Å². The molecule has 1 amide bonds. The third kappa shape index (κ3) is 6.46. The molecule has 122 valence electrons. The summed E-state index contributed by atoms with van der Waals surface area (Å²) in [6, 6.07) is 8.00. The summed E-state index contributed by atoms with van der Waals surface area (Å²) in [5.41, 5.74) is 1.16. The summed E-state index contributed by atoms with van der Waals surface area (Å²) in [7, 11) is 0. The Morgan fingerprint density at radius 1 is 1.41 bits per heavy atom. The number of aryl methyl sites for hydroxylation is 1. The Bertz CT molecular complexity index is 461. The maximum absolute atomic E-state index is 11.8. The molecule has 0 spiro atoms. The van der Waals surface area contributed by atoms with Crippen molar-refractivity contribution < 1.29 is 14.3 Å². The van der Waals surface area contributed by atoms with E-state index in [0.29, 0.717) is 26.2 Å². The fourth-order valence-electron chi connectivity index (χ4n) is 2.43. The Labute approximate surface area is 140 Å². The van der Waals surface area contributed by atoms with Gasteiger partial charge < -0.3 is 14.8 Å². The minimum atomic E-state index is 0.0925. The number of amides is 1. The molecule has 1 saturated heterocycles. The number of rotatable bonds is 9. The molecule has 5 heteroatoms. The van der Waals surface area contributed by atoms with Gasteiger partial charge in [0.2, 0.25) is 5.91 Å². The van der Waals surface area contributed by atoms with E-state index in [1.54, 1.807) is 0 Å². The minimum Gasteiger partial charge on any atom is -0.379 e. The monoisotopic (exact) mass is 369 g/mol. The molecule has 1 heterocycles. The SMILES string of the molecule is O=C(CCc1ccccc1Br)NCCCOCC1CCCO1. The molecule has 0 aromatic heterocycles. The summed E-state index contributed by atoms with van der Waals surface area (Å²) in [5.74, 6) is 0.0925. The van der Waals surface area contributed by atoms with Gasteiger partial charge in [0.1, 0.15) is 0 Å². The summed E-state index contributed by atoms with van der Waals surface area (Å²) in [4.78, 5) is 11.8. The van der Waals surface area contributed by atoms with E-state index < -0.39 is 0 Å². The van der Waals surface area contributed by atoms with Gasteiger partial charge in [-0.05, 0) is 37.3 Å². The Morgan fingerprint density at radius 3 is 3.05 bits per heavy atom. The molecule has 1 N–H and O–H groups in total. The normalized spacial score (nSPS) is 17.6. The lowest BCUT2D eigenvalue weighted by molar-refractivity contribution is -0.121. The molecule has 1 aromatic rings. The van der Waals surface area contributed by atoms with Gasteiger partial charge in [-0.3, -0.25) is 4.79 Å². The molecule has 22 heavy (non-hydrogen) atoms. The van der Waals surface area contributed by atoms with E-state index in [9.17, 15) is 4.79 Å². The maximum Gasteiger partial charge on any atom is 0.220 e. The number of halogens is 1.